The predicted octanol–water partition coefficient (Wildman–Crippen LogP) is 0.154. The molecule has 2 N–H and O–H groups in total. The van der Waals surface area contributed by atoms with Crippen LogP contribution in [0.2, 0.25) is 0 Å². The summed E-state index contributed by atoms with van der Waals surface area (Å²) in [4.78, 5) is 1.86. The minimum absolute atomic E-state index is 0.0419. The van der Waals surface area contributed by atoms with Crippen molar-refractivity contribution < 1.29 is 14.6 Å². The molecular formula is C11H21N3O3. The fourth-order valence-corrected chi connectivity index (χ4v) is 1.36. The maximum atomic E-state index is 8.89. The van der Waals surface area contributed by atoms with Gasteiger partial charge in [-0.3, -0.25) is 4.90 Å². The van der Waals surface area contributed by atoms with Gasteiger partial charge in [0.05, 0.1) is 19.8 Å². The lowest BCUT2D eigenvalue weighted by atomic mass is 9.97. The van der Waals surface area contributed by atoms with Gasteiger partial charge >= 0.3 is 0 Å². The van der Waals surface area contributed by atoms with E-state index in [9.17, 15) is 0 Å². The quantitative estimate of drug-likeness (QED) is 0.740. The summed E-state index contributed by atoms with van der Waals surface area (Å²) >= 11 is 0. The van der Waals surface area contributed by atoms with Crippen LogP contribution in [-0.2, 0) is 12.0 Å². The van der Waals surface area contributed by atoms with E-state index in [1.807, 2.05) is 25.7 Å². The van der Waals surface area contributed by atoms with Crippen LogP contribution < -0.4 is 0 Å². The molecule has 0 bridgehead atoms. The van der Waals surface area contributed by atoms with Gasteiger partial charge in [-0.05, 0) is 0 Å². The molecule has 1 rings (SSSR count). The molecule has 1 aromatic rings. The molecule has 0 aliphatic carbocycles. The van der Waals surface area contributed by atoms with Crippen molar-refractivity contribution in [2.24, 2.45) is 0 Å². The largest absolute Gasteiger partial charge is 0.423 e. The molecule has 1 heterocycles. The Morgan fingerprint density at radius 3 is 2.12 bits per heavy atom. The monoisotopic (exact) mass is 243 g/mol. The number of nitrogens with zero attached hydrogens (tertiary/aromatic N) is 3. The molecule has 0 fully saturated rings. The molecule has 0 spiro atoms. The third kappa shape index (κ3) is 4.41. The van der Waals surface area contributed by atoms with Crippen LogP contribution >= 0.6 is 0 Å². The second-order valence-electron chi connectivity index (χ2n) is 4.97. The second-order valence-corrected chi connectivity index (χ2v) is 4.97. The molecule has 0 aliphatic heterocycles. The number of aromatic nitrogens is 2. The van der Waals surface area contributed by atoms with E-state index in [4.69, 9.17) is 14.6 Å². The van der Waals surface area contributed by atoms with E-state index in [1.54, 1.807) is 0 Å². The summed E-state index contributed by atoms with van der Waals surface area (Å²) in [6.45, 7) is 7.50. The average molecular weight is 243 g/mol. The lowest BCUT2D eigenvalue weighted by molar-refractivity contribution is 0.145. The van der Waals surface area contributed by atoms with Crippen molar-refractivity contribution in [3.05, 3.63) is 11.8 Å². The first kappa shape index (κ1) is 14.1. The molecule has 0 atom stereocenters. The summed E-state index contributed by atoms with van der Waals surface area (Å²) in [6.07, 6.45) is 0. The molecular weight excluding hydrogens is 222 g/mol. The van der Waals surface area contributed by atoms with E-state index in [0.717, 1.165) is 0 Å². The first-order valence-corrected chi connectivity index (χ1v) is 5.74. The van der Waals surface area contributed by atoms with Crippen molar-refractivity contribution >= 4 is 0 Å². The van der Waals surface area contributed by atoms with Gasteiger partial charge in [-0.2, -0.15) is 0 Å². The highest BCUT2D eigenvalue weighted by Gasteiger charge is 2.21. The smallest absolute Gasteiger partial charge is 0.230 e. The minimum atomic E-state index is -0.163. The maximum Gasteiger partial charge on any atom is 0.230 e. The van der Waals surface area contributed by atoms with Gasteiger partial charge in [-0.25, -0.2) is 0 Å². The van der Waals surface area contributed by atoms with Gasteiger partial charge in [0.2, 0.25) is 11.8 Å². The Labute approximate surface area is 101 Å². The van der Waals surface area contributed by atoms with Crippen LogP contribution in [0, 0.1) is 0 Å². The average Bonchev–Trinajstić information content (AvgIpc) is 2.66. The van der Waals surface area contributed by atoms with Crippen molar-refractivity contribution in [2.75, 3.05) is 26.3 Å². The Kier molecular flexibility index (Phi) is 5.04. The fourth-order valence-electron chi connectivity index (χ4n) is 1.36. The first-order valence-electron chi connectivity index (χ1n) is 5.74. The van der Waals surface area contributed by atoms with Gasteiger partial charge in [0.25, 0.3) is 0 Å². The van der Waals surface area contributed by atoms with E-state index >= 15 is 0 Å². The molecule has 17 heavy (non-hydrogen) atoms. The van der Waals surface area contributed by atoms with E-state index in [1.165, 1.54) is 0 Å². The van der Waals surface area contributed by atoms with Crippen LogP contribution in [0.3, 0.4) is 0 Å². The van der Waals surface area contributed by atoms with Gasteiger partial charge in [0.1, 0.15) is 0 Å². The van der Waals surface area contributed by atoms with E-state index < -0.39 is 0 Å². The zero-order valence-electron chi connectivity index (χ0n) is 10.7. The standard InChI is InChI=1S/C11H21N3O3/c1-11(2,3)10-13-12-9(17-10)8-14(4-6-15)5-7-16/h15-16H,4-8H2,1-3H3. The van der Waals surface area contributed by atoms with Crippen molar-refractivity contribution in [1.82, 2.24) is 15.1 Å². The number of hydrogen-bond acceptors (Lipinski definition) is 6. The second kappa shape index (κ2) is 6.09. The Morgan fingerprint density at radius 1 is 1.12 bits per heavy atom. The Balaban J connectivity index is 2.63. The molecule has 0 unspecified atom stereocenters. The fraction of sp³-hybridized carbons (Fsp3) is 0.818. The zero-order valence-corrected chi connectivity index (χ0v) is 10.7. The van der Waals surface area contributed by atoms with Gasteiger partial charge in [0.15, 0.2) is 0 Å². The van der Waals surface area contributed by atoms with Gasteiger partial charge in [-0.15, -0.1) is 10.2 Å². The highest BCUT2D eigenvalue weighted by molar-refractivity contribution is 4.96. The molecule has 98 valence electrons. The predicted molar refractivity (Wildman–Crippen MR) is 62.4 cm³/mol. The summed E-state index contributed by atoms with van der Waals surface area (Å²) in [5.74, 6) is 1.11. The number of aliphatic hydroxyl groups excluding tert-OH is 2. The molecule has 0 saturated heterocycles. The molecule has 0 amide bonds. The first-order chi connectivity index (χ1) is 7.97. The van der Waals surface area contributed by atoms with Crippen LogP contribution in [-0.4, -0.2) is 51.6 Å². The minimum Gasteiger partial charge on any atom is -0.423 e. The molecule has 6 heteroatoms. The third-order valence-corrected chi connectivity index (χ3v) is 2.30. The van der Waals surface area contributed by atoms with Crippen LogP contribution in [0.25, 0.3) is 0 Å². The molecule has 0 aromatic carbocycles. The SMILES string of the molecule is CC(C)(C)c1nnc(CN(CCO)CCO)o1. The Morgan fingerprint density at radius 2 is 1.71 bits per heavy atom. The van der Waals surface area contributed by atoms with Gasteiger partial charge in [-0.1, -0.05) is 20.8 Å². The Bertz CT molecular complexity index is 327. The van der Waals surface area contributed by atoms with Crippen LogP contribution in [0.15, 0.2) is 4.42 Å². The topological polar surface area (TPSA) is 82.6 Å². The van der Waals surface area contributed by atoms with Crippen LogP contribution in [0.1, 0.15) is 32.6 Å². The molecule has 0 saturated carbocycles. The number of aliphatic hydroxyl groups is 2. The van der Waals surface area contributed by atoms with Crippen LogP contribution in [0.5, 0.6) is 0 Å². The van der Waals surface area contributed by atoms with Crippen molar-refractivity contribution in [3.8, 4) is 0 Å². The third-order valence-electron chi connectivity index (χ3n) is 2.30. The van der Waals surface area contributed by atoms with E-state index in [0.29, 0.717) is 31.4 Å². The summed E-state index contributed by atoms with van der Waals surface area (Å²) in [6, 6.07) is 0. The maximum absolute atomic E-state index is 8.89. The Hall–Kier alpha value is -0.980. The van der Waals surface area contributed by atoms with Crippen molar-refractivity contribution in [2.45, 2.75) is 32.7 Å². The molecule has 6 nitrogen and oxygen atoms in total. The molecule has 0 aliphatic rings. The highest BCUT2D eigenvalue weighted by atomic mass is 16.4. The summed E-state index contributed by atoms with van der Waals surface area (Å²) in [5.41, 5.74) is -0.163. The summed E-state index contributed by atoms with van der Waals surface area (Å²) in [5, 5.41) is 25.7. The molecule has 1 aromatic heterocycles. The number of hydrogen-bond donors (Lipinski definition) is 2. The lowest BCUT2D eigenvalue weighted by Gasteiger charge is -2.17. The zero-order chi connectivity index (χ0) is 12.9. The normalized spacial score (nSPS) is 12.4. The van der Waals surface area contributed by atoms with Gasteiger partial charge < -0.3 is 14.6 Å². The van der Waals surface area contributed by atoms with Crippen LogP contribution in [0.4, 0.5) is 0 Å². The van der Waals surface area contributed by atoms with Crippen molar-refractivity contribution in [3.63, 3.8) is 0 Å². The lowest BCUT2D eigenvalue weighted by Crippen LogP contribution is -2.29. The summed E-state index contributed by atoms with van der Waals surface area (Å²) in [7, 11) is 0. The van der Waals surface area contributed by atoms with Crippen molar-refractivity contribution in [1.29, 1.82) is 0 Å². The highest BCUT2D eigenvalue weighted by Crippen LogP contribution is 2.20. The summed E-state index contributed by atoms with van der Waals surface area (Å²) < 4.78 is 5.54. The van der Waals surface area contributed by atoms with E-state index in [2.05, 4.69) is 10.2 Å². The van der Waals surface area contributed by atoms with Gasteiger partial charge in [0, 0.05) is 18.5 Å². The molecule has 0 radical (unpaired) electrons. The van der Waals surface area contributed by atoms with E-state index in [-0.39, 0.29) is 18.6 Å². The number of rotatable bonds is 6.